The van der Waals surface area contributed by atoms with Gasteiger partial charge in [-0.25, -0.2) is 6.57 Å². The third-order valence-corrected chi connectivity index (χ3v) is 5.65. The zero-order valence-electron chi connectivity index (χ0n) is 19.9. The fourth-order valence-corrected chi connectivity index (χ4v) is 3.46. The quantitative estimate of drug-likeness (QED) is 0.256. The standard InChI is InChI=1S/C30H30N4/c1-32-22-24-34(3)30-19-15-28(16-20-30)12-10-26-7-5-25(6-8-26)9-11-27-13-17-29(18-14-27)33(2)23-4-21-31/h5-20H,4,22-24H2,2-3H3/b11-9+,12-10+. The number of nitrogens with zero attached hydrogens (tertiary/aromatic N) is 4. The molecule has 0 spiro atoms. The number of benzene rings is 3. The van der Waals surface area contributed by atoms with Gasteiger partial charge < -0.3 is 14.6 Å². The van der Waals surface area contributed by atoms with Crippen molar-refractivity contribution >= 4 is 35.7 Å². The lowest BCUT2D eigenvalue weighted by molar-refractivity contribution is 0.905. The minimum atomic E-state index is 0.511. The highest BCUT2D eigenvalue weighted by molar-refractivity contribution is 5.73. The molecule has 0 radical (unpaired) electrons. The van der Waals surface area contributed by atoms with Gasteiger partial charge in [0.1, 0.15) is 0 Å². The maximum atomic E-state index is 8.73. The Morgan fingerprint density at radius 2 is 1.03 bits per heavy atom. The van der Waals surface area contributed by atoms with Crippen LogP contribution in [0.1, 0.15) is 28.7 Å². The summed E-state index contributed by atoms with van der Waals surface area (Å²) in [6.45, 7) is 8.91. The third kappa shape index (κ3) is 7.40. The van der Waals surface area contributed by atoms with Crippen LogP contribution in [-0.2, 0) is 0 Å². The summed E-state index contributed by atoms with van der Waals surface area (Å²) in [5.41, 5.74) is 6.83. The van der Waals surface area contributed by atoms with Gasteiger partial charge in [-0.15, -0.1) is 0 Å². The SMILES string of the molecule is [C-]#[N+]CCN(C)c1ccc(/C=C/c2ccc(/C=C/c3ccc(N(C)CCC#N)cc3)cc2)cc1. The van der Waals surface area contributed by atoms with Crippen molar-refractivity contribution in [2.24, 2.45) is 0 Å². The molecule has 0 unspecified atom stereocenters. The number of likely N-dealkylation sites (N-methyl/N-ethyl adjacent to an activating group) is 1. The molecule has 34 heavy (non-hydrogen) atoms. The lowest BCUT2D eigenvalue weighted by Gasteiger charge is -2.17. The van der Waals surface area contributed by atoms with Crippen molar-refractivity contribution in [1.82, 2.24) is 0 Å². The van der Waals surface area contributed by atoms with E-state index < -0.39 is 0 Å². The van der Waals surface area contributed by atoms with E-state index in [1.807, 2.05) is 14.1 Å². The number of hydrogen-bond donors (Lipinski definition) is 0. The number of rotatable bonds is 10. The average molecular weight is 447 g/mol. The van der Waals surface area contributed by atoms with Gasteiger partial charge in [0.05, 0.1) is 19.0 Å². The van der Waals surface area contributed by atoms with E-state index >= 15 is 0 Å². The molecule has 0 heterocycles. The van der Waals surface area contributed by atoms with Crippen molar-refractivity contribution in [2.45, 2.75) is 6.42 Å². The first-order chi connectivity index (χ1) is 16.6. The second-order valence-electron chi connectivity index (χ2n) is 8.15. The van der Waals surface area contributed by atoms with Crippen LogP contribution in [0.25, 0.3) is 29.1 Å². The monoisotopic (exact) mass is 446 g/mol. The van der Waals surface area contributed by atoms with Crippen LogP contribution in [0.4, 0.5) is 11.4 Å². The van der Waals surface area contributed by atoms with Crippen molar-refractivity contribution in [2.75, 3.05) is 43.5 Å². The van der Waals surface area contributed by atoms with E-state index in [0.717, 1.165) is 46.7 Å². The fraction of sp³-hybridized carbons (Fsp3) is 0.200. The van der Waals surface area contributed by atoms with Crippen LogP contribution < -0.4 is 9.80 Å². The second kappa shape index (κ2) is 12.7. The molecule has 0 fully saturated rings. The van der Waals surface area contributed by atoms with Gasteiger partial charge in [-0.1, -0.05) is 72.8 Å². The van der Waals surface area contributed by atoms with Crippen molar-refractivity contribution < 1.29 is 0 Å². The maximum Gasteiger partial charge on any atom is 0.231 e. The van der Waals surface area contributed by atoms with Crippen LogP contribution in [0.15, 0.2) is 72.8 Å². The molecule has 0 aliphatic rings. The van der Waals surface area contributed by atoms with Crippen molar-refractivity contribution in [3.05, 3.63) is 106 Å². The van der Waals surface area contributed by atoms with E-state index in [1.54, 1.807) is 0 Å². The van der Waals surface area contributed by atoms with E-state index in [0.29, 0.717) is 13.0 Å². The highest BCUT2D eigenvalue weighted by atomic mass is 15.1. The molecule has 4 nitrogen and oxygen atoms in total. The molecule has 4 heteroatoms. The number of hydrogen-bond acceptors (Lipinski definition) is 3. The van der Waals surface area contributed by atoms with E-state index in [4.69, 9.17) is 11.8 Å². The Labute approximate surface area is 203 Å². The van der Waals surface area contributed by atoms with E-state index in [1.165, 1.54) is 0 Å². The first kappa shape index (κ1) is 24.4. The van der Waals surface area contributed by atoms with Crippen molar-refractivity contribution in [3.8, 4) is 6.07 Å². The van der Waals surface area contributed by atoms with Gasteiger partial charge in [0.2, 0.25) is 6.54 Å². The summed E-state index contributed by atoms with van der Waals surface area (Å²) in [4.78, 5) is 7.60. The molecule has 0 amide bonds. The first-order valence-electron chi connectivity index (χ1n) is 11.4. The highest BCUT2D eigenvalue weighted by Gasteiger charge is 2.01. The maximum absolute atomic E-state index is 8.73. The number of anilines is 2. The van der Waals surface area contributed by atoms with Gasteiger partial charge in [-0.05, 0) is 46.5 Å². The summed E-state index contributed by atoms with van der Waals surface area (Å²) in [5, 5.41) is 8.73. The molecule has 0 aliphatic heterocycles. The van der Waals surface area contributed by atoms with Gasteiger partial charge in [0.25, 0.3) is 0 Å². The lowest BCUT2D eigenvalue weighted by atomic mass is 10.1. The molecular weight excluding hydrogens is 416 g/mol. The molecule has 0 aliphatic carbocycles. The second-order valence-corrected chi connectivity index (χ2v) is 8.15. The zero-order valence-corrected chi connectivity index (χ0v) is 19.9. The third-order valence-electron chi connectivity index (χ3n) is 5.65. The summed E-state index contributed by atoms with van der Waals surface area (Å²) in [6.07, 6.45) is 8.99. The van der Waals surface area contributed by atoms with Gasteiger partial charge in [-0.3, -0.25) is 0 Å². The lowest BCUT2D eigenvalue weighted by Crippen LogP contribution is -2.19. The summed E-state index contributed by atoms with van der Waals surface area (Å²) >= 11 is 0. The minimum absolute atomic E-state index is 0.511. The fourth-order valence-electron chi connectivity index (χ4n) is 3.46. The molecule has 3 aromatic carbocycles. The number of nitriles is 1. The van der Waals surface area contributed by atoms with Crippen LogP contribution in [0, 0.1) is 17.9 Å². The Kier molecular flexibility index (Phi) is 9.09. The van der Waals surface area contributed by atoms with Crippen LogP contribution >= 0.6 is 0 Å². The van der Waals surface area contributed by atoms with Crippen LogP contribution in [0.3, 0.4) is 0 Å². The Bertz CT molecular complexity index is 1080. The molecule has 0 N–H and O–H groups in total. The van der Waals surface area contributed by atoms with E-state index in [9.17, 15) is 0 Å². The van der Waals surface area contributed by atoms with Crippen LogP contribution in [0.5, 0.6) is 0 Å². The van der Waals surface area contributed by atoms with Crippen molar-refractivity contribution in [1.29, 1.82) is 5.26 Å². The molecule has 3 aromatic rings. The topological polar surface area (TPSA) is 34.6 Å². The molecule has 0 saturated carbocycles. The Morgan fingerprint density at radius 1 is 0.676 bits per heavy atom. The van der Waals surface area contributed by atoms with Gasteiger partial charge in [0.15, 0.2) is 0 Å². The summed E-state index contributed by atoms with van der Waals surface area (Å²) < 4.78 is 0. The summed E-state index contributed by atoms with van der Waals surface area (Å²) in [7, 11) is 4.02. The Morgan fingerprint density at radius 3 is 1.38 bits per heavy atom. The molecule has 3 rings (SSSR count). The van der Waals surface area contributed by atoms with Gasteiger partial charge >= 0.3 is 0 Å². The largest absolute Gasteiger partial charge is 0.374 e. The van der Waals surface area contributed by atoms with Crippen LogP contribution in [0.2, 0.25) is 0 Å². The van der Waals surface area contributed by atoms with Crippen molar-refractivity contribution in [3.63, 3.8) is 0 Å². The van der Waals surface area contributed by atoms with E-state index in [2.05, 4.69) is 118 Å². The molecular formula is C30H30N4. The summed E-state index contributed by atoms with van der Waals surface area (Å²) in [5.74, 6) is 0. The minimum Gasteiger partial charge on any atom is -0.374 e. The molecule has 170 valence electrons. The average Bonchev–Trinajstić information content (AvgIpc) is 2.89. The highest BCUT2D eigenvalue weighted by Crippen LogP contribution is 2.18. The first-order valence-corrected chi connectivity index (χ1v) is 11.4. The van der Waals surface area contributed by atoms with Crippen LogP contribution in [-0.4, -0.2) is 33.7 Å². The molecule has 0 saturated heterocycles. The summed E-state index contributed by atoms with van der Waals surface area (Å²) in [6, 6.07) is 27.4. The normalized spacial score (nSPS) is 10.8. The van der Waals surface area contributed by atoms with Gasteiger partial charge in [-0.2, -0.15) is 5.26 Å². The molecule has 0 aromatic heterocycles. The molecule has 0 bridgehead atoms. The predicted octanol–water partition coefficient (Wildman–Crippen LogP) is 6.73. The Hall–Kier alpha value is -4.28. The zero-order chi connectivity index (χ0) is 24.2. The van der Waals surface area contributed by atoms with Gasteiger partial charge in [0, 0.05) is 32.0 Å². The predicted molar refractivity (Wildman–Crippen MR) is 145 cm³/mol. The van der Waals surface area contributed by atoms with E-state index in [-0.39, 0.29) is 0 Å². The smallest absolute Gasteiger partial charge is 0.231 e. The molecule has 0 atom stereocenters. The Balaban J connectivity index is 1.56.